The van der Waals surface area contributed by atoms with Gasteiger partial charge in [-0.2, -0.15) is 0 Å². The number of halogens is 1. The average molecular weight is 336 g/mol. The molecule has 0 aromatic heterocycles. The Kier molecular flexibility index (Phi) is 6.81. The number of hydrogen-bond donors (Lipinski definition) is 1. The molecule has 1 unspecified atom stereocenters. The Hall–Kier alpha value is -0.600. The van der Waals surface area contributed by atoms with Gasteiger partial charge >= 0.3 is 0 Å². The topological polar surface area (TPSA) is 12.0 Å². The monoisotopic (exact) mass is 335 g/mol. The summed E-state index contributed by atoms with van der Waals surface area (Å²) in [6, 6.07) is 9.15. The van der Waals surface area contributed by atoms with Gasteiger partial charge in [-0.25, -0.2) is 0 Å². The zero-order valence-electron chi connectivity index (χ0n) is 12.5. The van der Waals surface area contributed by atoms with Crippen molar-refractivity contribution >= 4 is 15.9 Å². The summed E-state index contributed by atoms with van der Waals surface area (Å²) in [5.41, 5.74) is 2.98. The first kappa shape index (κ1) is 15.8. The highest BCUT2D eigenvalue weighted by atomic mass is 79.9. The van der Waals surface area contributed by atoms with Gasteiger partial charge in [-0.15, -0.1) is 0 Å². The van der Waals surface area contributed by atoms with Gasteiger partial charge in [0.05, 0.1) is 6.04 Å². The molecule has 0 saturated carbocycles. The van der Waals surface area contributed by atoms with Crippen LogP contribution in [0.25, 0.3) is 0 Å². The highest BCUT2D eigenvalue weighted by Crippen LogP contribution is 2.30. The third kappa shape index (κ3) is 4.75. The average Bonchev–Trinajstić information content (AvgIpc) is 2.41. The summed E-state index contributed by atoms with van der Waals surface area (Å²) in [6.45, 7) is 3.31. The summed E-state index contributed by atoms with van der Waals surface area (Å²) in [7, 11) is 0. The summed E-state index contributed by atoms with van der Waals surface area (Å²) in [5.74, 6) is 0. The lowest BCUT2D eigenvalue weighted by atomic mass is 9.91. The van der Waals surface area contributed by atoms with Crippen LogP contribution in [-0.4, -0.2) is 6.54 Å². The molecule has 1 atom stereocenters. The molecule has 1 aliphatic rings. The van der Waals surface area contributed by atoms with E-state index >= 15 is 0 Å². The second-order valence-corrected chi connectivity index (χ2v) is 6.59. The molecule has 1 nitrogen and oxygen atoms in total. The molecule has 0 fully saturated rings. The van der Waals surface area contributed by atoms with Gasteiger partial charge < -0.3 is 5.32 Å². The molecule has 20 heavy (non-hydrogen) atoms. The minimum atomic E-state index is 0.394. The van der Waals surface area contributed by atoms with Crippen molar-refractivity contribution in [1.82, 2.24) is 5.32 Å². The third-order valence-corrected chi connectivity index (χ3v) is 4.47. The summed E-state index contributed by atoms with van der Waals surface area (Å²) in [5, 5.41) is 3.74. The van der Waals surface area contributed by atoms with Gasteiger partial charge in [0.25, 0.3) is 0 Å². The Balaban J connectivity index is 2.21. The first-order valence-electron chi connectivity index (χ1n) is 7.99. The van der Waals surface area contributed by atoms with Crippen molar-refractivity contribution in [3.8, 4) is 0 Å². The fourth-order valence-corrected chi connectivity index (χ4v) is 3.33. The highest BCUT2D eigenvalue weighted by Gasteiger charge is 2.16. The number of rotatable bonds is 5. The van der Waals surface area contributed by atoms with Crippen molar-refractivity contribution in [2.24, 2.45) is 0 Å². The minimum absolute atomic E-state index is 0.394. The van der Waals surface area contributed by atoms with Crippen molar-refractivity contribution < 1.29 is 0 Å². The molecule has 0 aliphatic heterocycles. The normalized spacial score (nSPS) is 20.6. The summed E-state index contributed by atoms with van der Waals surface area (Å²) < 4.78 is 1.17. The number of hydrogen-bond acceptors (Lipinski definition) is 1. The third-order valence-electron chi connectivity index (χ3n) is 3.98. The van der Waals surface area contributed by atoms with Crippen LogP contribution in [0.4, 0.5) is 0 Å². The summed E-state index contributed by atoms with van der Waals surface area (Å²) >= 11 is 3.60. The number of allylic oxidation sites excluding steroid dienone is 1. The molecule has 110 valence electrons. The van der Waals surface area contributed by atoms with Crippen LogP contribution in [0.5, 0.6) is 0 Å². The van der Waals surface area contributed by atoms with Gasteiger partial charge in [-0.1, -0.05) is 59.5 Å². The van der Waals surface area contributed by atoms with Crippen LogP contribution in [-0.2, 0) is 0 Å². The van der Waals surface area contributed by atoms with E-state index in [1.807, 2.05) is 0 Å². The van der Waals surface area contributed by atoms with E-state index in [1.54, 1.807) is 5.57 Å². The van der Waals surface area contributed by atoms with Gasteiger partial charge in [0.2, 0.25) is 0 Å². The number of benzene rings is 1. The van der Waals surface area contributed by atoms with Crippen molar-refractivity contribution in [1.29, 1.82) is 0 Å². The van der Waals surface area contributed by atoms with E-state index in [4.69, 9.17) is 0 Å². The number of nitrogens with one attached hydrogen (secondary N) is 1. The van der Waals surface area contributed by atoms with Gasteiger partial charge in [-0.3, -0.25) is 0 Å². The van der Waals surface area contributed by atoms with Gasteiger partial charge in [0, 0.05) is 4.47 Å². The summed E-state index contributed by atoms with van der Waals surface area (Å²) in [4.78, 5) is 0. The standard InChI is InChI=1S/C18H26BrN/c1-2-13-20-18(16-11-8-12-17(19)14-16)15-9-6-4-3-5-7-10-15/h8-9,11-12,14,18,20H,2-7,10,13H2,1H3/b15-9+. The lowest BCUT2D eigenvalue weighted by molar-refractivity contribution is 0.540. The van der Waals surface area contributed by atoms with Crippen molar-refractivity contribution in [2.45, 2.75) is 57.9 Å². The van der Waals surface area contributed by atoms with Gasteiger partial charge in [0.1, 0.15) is 0 Å². The molecule has 0 spiro atoms. The Labute approximate surface area is 132 Å². The Morgan fingerprint density at radius 3 is 2.85 bits per heavy atom. The van der Waals surface area contributed by atoms with Crippen LogP contribution in [0.3, 0.4) is 0 Å². The largest absolute Gasteiger partial charge is 0.307 e. The smallest absolute Gasteiger partial charge is 0.0536 e. The van der Waals surface area contributed by atoms with Crippen LogP contribution in [0.15, 0.2) is 40.4 Å². The maximum absolute atomic E-state index is 3.74. The molecule has 0 radical (unpaired) electrons. The quantitative estimate of drug-likeness (QED) is 0.673. The SMILES string of the molecule is CCCNC(/C1=C/CCCCCC1)c1cccc(Br)c1. The highest BCUT2D eigenvalue weighted by molar-refractivity contribution is 9.10. The maximum Gasteiger partial charge on any atom is 0.0536 e. The van der Waals surface area contributed by atoms with Crippen molar-refractivity contribution in [3.05, 3.63) is 46.0 Å². The first-order chi connectivity index (χ1) is 9.81. The molecule has 0 heterocycles. The zero-order valence-corrected chi connectivity index (χ0v) is 14.1. The first-order valence-corrected chi connectivity index (χ1v) is 8.78. The second kappa shape index (κ2) is 8.63. The van der Waals surface area contributed by atoms with Crippen molar-refractivity contribution in [2.75, 3.05) is 6.54 Å². The minimum Gasteiger partial charge on any atom is -0.307 e. The summed E-state index contributed by atoms with van der Waals surface area (Å²) in [6.07, 6.45) is 11.6. The molecular weight excluding hydrogens is 310 g/mol. The molecule has 1 aromatic carbocycles. The van der Waals surface area contributed by atoms with E-state index in [1.165, 1.54) is 55.0 Å². The van der Waals surface area contributed by atoms with Crippen LogP contribution in [0.1, 0.15) is 63.5 Å². The zero-order chi connectivity index (χ0) is 14.2. The molecule has 1 aliphatic carbocycles. The van der Waals surface area contributed by atoms with Crippen molar-refractivity contribution in [3.63, 3.8) is 0 Å². The molecular formula is C18H26BrN. The Morgan fingerprint density at radius 1 is 1.20 bits per heavy atom. The van der Waals surface area contributed by atoms with Crippen LogP contribution < -0.4 is 5.32 Å². The van der Waals surface area contributed by atoms with E-state index in [0.717, 1.165) is 6.54 Å². The molecule has 0 saturated heterocycles. The lowest BCUT2D eigenvalue weighted by Gasteiger charge is -2.24. The van der Waals surface area contributed by atoms with Crippen LogP contribution in [0.2, 0.25) is 0 Å². The van der Waals surface area contributed by atoms with E-state index in [9.17, 15) is 0 Å². The van der Waals surface area contributed by atoms with Crippen LogP contribution >= 0.6 is 15.9 Å². The van der Waals surface area contributed by atoms with Gasteiger partial charge in [-0.05, 0) is 56.3 Å². The molecule has 0 amide bonds. The lowest BCUT2D eigenvalue weighted by Crippen LogP contribution is -2.24. The maximum atomic E-state index is 3.74. The van der Waals surface area contributed by atoms with Crippen LogP contribution in [0, 0.1) is 0 Å². The molecule has 2 rings (SSSR count). The fraction of sp³-hybridized carbons (Fsp3) is 0.556. The second-order valence-electron chi connectivity index (χ2n) is 5.67. The van der Waals surface area contributed by atoms with Gasteiger partial charge in [0.15, 0.2) is 0 Å². The predicted molar refractivity (Wildman–Crippen MR) is 91.0 cm³/mol. The molecule has 1 aromatic rings. The van der Waals surface area contributed by atoms with E-state index in [-0.39, 0.29) is 0 Å². The molecule has 0 bridgehead atoms. The fourth-order valence-electron chi connectivity index (χ4n) is 2.92. The Morgan fingerprint density at radius 2 is 2.05 bits per heavy atom. The predicted octanol–water partition coefficient (Wildman–Crippen LogP) is 5.77. The molecule has 2 heteroatoms. The molecule has 1 N–H and O–H groups in total. The van der Waals surface area contributed by atoms with E-state index < -0.39 is 0 Å². The van der Waals surface area contributed by atoms with E-state index in [2.05, 4.69) is 58.5 Å². The van der Waals surface area contributed by atoms with E-state index in [0.29, 0.717) is 6.04 Å². The Bertz CT molecular complexity index is 439.